The number of halogens is 1. The largest absolute Gasteiger partial charge is 0.493 e. The molecule has 0 fully saturated rings. The van der Waals surface area contributed by atoms with Gasteiger partial charge in [0.05, 0.1) is 10.9 Å². The minimum atomic E-state index is -3.82. The zero-order chi connectivity index (χ0) is 16.6. The Bertz CT molecular complexity index is 755. The number of allylic oxidation sites excluding steroid dienone is 2. The number of hydrogen-bond acceptors (Lipinski definition) is 4. The van der Waals surface area contributed by atoms with E-state index in [2.05, 4.69) is 0 Å². The Morgan fingerprint density at radius 1 is 1.26 bits per heavy atom. The smallest absolute Gasteiger partial charge is 0.264 e. The number of Topliss-reactive ketones (excluding diaryl/α,β-unsaturated/α-hetero) is 1. The third-order valence-corrected chi connectivity index (χ3v) is 6.21. The maximum Gasteiger partial charge on any atom is 0.264 e. The summed E-state index contributed by atoms with van der Waals surface area (Å²) < 4.78 is 33.1. The predicted molar refractivity (Wildman–Crippen MR) is 86.5 cm³/mol. The van der Waals surface area contributed by atoms with Gasteiger partial charge in [0.2, 0.25) is 0 Å². The Kier molecular flexibility index (Phi) is 4.38. The van der Waals surface area contributed by atoms with E-state index in [-0.39, 0.29) is 29.4 Å². The van der Waals surface area contributed by atoms with Crippen LogP contribution >= 0.6 is 11.6 Å². The van der Waals surface area contributed by atoms with Crippen molar-refractivity contribution in [2.75, 3.05) is 12.5 Å². The summed E-state index contributed by atoms with van der Waals surface area (Å²) in [6, 6.07) is 6.17. The fourth-order valence-electron chi connectivity index (χ4n) is 2.92. The number of alkyl halides is 1. The van der Waals surface area contributed by atoms with Crippen molar-refractivity contribution in [3.63, 3.8) is 0 Å². The van der Waals surface area contributed by atoms with Crippen molar-refractivity contribution in [2.45, 2.75) is 37.1 Å². The topological polar surface area (TPSA) is 63.7 Å². The third-order valence-electron chi connectivity index (χ3n) is 4.13. The first kappa shape index (κ1) is 16.3. The van der Waals surface area contributed by atoms with E-state index in [0.717, 1.165) is 5.56 Å². The molecule has 0 N–H and O–H groups in total. The van der Waals surface area contributed by atoms with Crippen molar-refractivity contribution in [1.29, 1.82) is 0 Å². The summed E-state index contributed by atoms with van der Waals surface area (Å²) in [6.45, 7) is 2.12. The van der Waals surface area contributed by atoms with Gasteiger partial charge < -0.3 is 4.74 Å². The first-order chi connectivity index (χ1) is 10.9. The molecule has 1 heterocycles. The Hall–Kier alpha value is -1.53. The summed E-state index contributed by atoms with van der Waals surface area (Å²) in [5, 5.41) is 0. The van der Waals surface area contributed by atoms with Crippen LogP contribution in [0.2, 0.25) is 0 Å². The number of nitrogens with zero attached hydrogens (tertiary/aromatic N) is 1. The summed E-state index contributed by atoms with van der Waals surface area (Å²) in [7, 11) is -3.82. The molecule has 124 valence electrons. The Labute approximate surface area is 140 Å². The zero-order valence-electron chi connectivity index (χ0n) is 12.8. The second kappa shape index (κ2) is 6.17. The van der Waals surface area contributed by atoms with E-state index < -0.39 is 16.1 Å². The number of carbonyl (C=O) groups is 1. The third kappa shape index (κ3) is 2.85. The van der Waals surface area contributed by atoms with Gasteiger partial charge in [0.25, 0.3) is 10.0 Å². The molecule has 23 heavy (non-hydrogen) atoms. The van der Waals surface area contributed by atoms with Crippen molar-refractivity contribution >= 4 is 27.4 Å². The Morgan fingerprint density at radius 3 is 2.61 bits per heavy atom. The van der Waals surface area contributed by atoms with Gasteiger partial charge in [0, 0.05) is 18.7 Å². The molecule has 1 atom stereocenters. The number of benzene rings is 1. The fourth-order valence-corrected chi connectivity index (χ4v) is 4.88. The lowest BCUT2D eigenvalue weighted by molar-refractivity contribution is -0.116. The van der Waals surface area contributed by atoms with Crippen LogP contribution in [0.1, 0.15) is 24.8 Å². The fraction of sp³-hybridized carbons (Fsp3) is 0.438. The first-order valence-corrected chi connectivity index (χ1v) is 9.49. The van der Waals surface area contributed by atoms with Crippen LogP contribution in [0.4, 0.5) is 0 Å². The number of ketones is 1. The van der Waals surface area contributed by atoms with Gasteiger partial charge in [-0.2, -0.15) is 0 Å². The van der Waals surface area contributed by atoms with Crippen LogP contribution in [0.5, 0.6) is 0 Å². The SMILES string of the molecule is Cc1ccc(S(=O)(=O)N2C3=C(CCC3=O)OC[C@@H]2CCCl)cc1. The molecule has 2 aliphatic rings. The highest BCUT2D eigenvalue weighted by Gasteiger charge is 2.43. The maximum absolute atomic E-state index is 13.1. The van der Waals surface area contributed by atoms with Crippen LogP contribution < -0.4 is 0 Å². The van der Waals surface area contributed by atoms with Crippen molar-refractivity contribution in [3.8, 4) is 0 Å². The molecule has 0 bridgehead atoms. The molecule has 0 aromatic heterocycles. The summed E-state index contributed by atoms with van der Waals surface area (Å²) in [4.78, 5) is 12.4. The molecule has 7 heteroatoms. The highest BCUT2D eigenvalue weighted by molar-refractivity contribution is 7.89. The Balaban J connectivity index is 2.09. The lowest BCUT2D eigenvalue weighted by Crippen LogP contribution is -2.46. The number of sulfonamides is 1. The minimum Gasteiger partial charge on any atom is -0.493 e. The molecule has 1 aliphatic heterocycles. The van der Waals surface area contributed by atoms with Gasteiger partial charge >= 0.3 is 0 Å². The number of carbonyl (C=O) groups excluding carboxylic acids is 1. The number of aryl methyl sites for hydroxylation is 1. The number of ether oxygens (including phenoxy) is 1. The number of hydrogen-bond donors (Lipinski definition) is 0. The molecule has 0 saturated carbocycles. The summed E-state index contributed by atoms with van der Waals surface area (Å²) in [6.07, 6.45) is 1.18. The second-order valence-electron chi connectivity index (χ2n) is 5.75. The average Bonchev–Trinajstić information content (AvgIpc) is 2.89. The van der Waals surface area contributed by atoms with E-state index in [0.29, 0.717) is 24.5 Å². The molecule has 5 nitrogen and oxygen atoms in total. The number of rotatable bonds is 4. The van der Waals surface area contributed by atoms with Crippen molar-refractivity contribution < 1.29 is 17.9 Å². The normalized spacial score (nSPS) is 21.4. The molecule has 0 saturated heterocycles. The molecule has 0 amide bonds. The van der Waals surface area contributed by atoms with Crippen molar-refractivity contribution in [1.82, 2.24) is 4.31 Å². The highest BCUT2D eigenvalue weighted by atomic mass is 35.5. The van der Waals surface area contributed by atoms with E-state index >= 15 is 0 Å². The minimum absolute atomic E-state index is 0.177. The summed E-state index contributed by atoms with van der Waals surface area (Å²) >= 11 is 5.82. The van der Waals surface area contributed by atoms with E-state index in [4.69, 9.17) is 16.3 Å². The van der Waals surface area contributed by atoms with Crippen molar-refractivity contribution in [2.24, 2.45) is 0 Å². The molecular weight excluding hydrogens is 338 g/mol. The molecule has 3 rings (SSSR count). The van der Waals surface area contributed by atoms with E-state index in [1.54, 1.807) is 24.3 Å². The molecule has 1 aliphatic carbocycles. The monoisotopic (exact) mass is 355 g/mol. The van der Waals surface area contributed by atoms with Crippen molar-refractivity contribution in [3.05, 3.63) is 41.3 Å². The highest BCUT2D eigenvalue weighted by Crippen LogP contribution is 2.37. The molecule has 0 unspecified atom stereocenters. The van der Waals surface area contributed by atoms with Crippen LogP contribution in [0, 0.1) is 6.92 Å². The lowest BCUT2D eigenvalue weighted by atomic mass is 10.2. The molecule has 0 spiro atoms. The van der Waals surface area contributed by atoms with Crippen LogP contribution in [0.15, 0.2) is 40.6 Å². The van der Waals surface area contributed by atoms with Gasteiger partial charge in [0.1, 0.15) is 18.1 Å². The standard InChI is InChI=1S/C16H18ClNO4S/c1-11-2-4-13(5-3-11)23(20,21)18-12(8-9-17)10-22-15-7-6-14(19)16(15)18/h2-5,12H,6-10H2,1H3/t12-/m0/s1. The lowest BCUT2D eigenvalue weighted by Gasteiger charge is -2.36. The molecule has 0 radical (unpaired) electrons. The molecular formula is C16H18ClNO4S. The van der Waals surface area contributed by atoms with E-state index in [1.807, 2.05) is 6.92 Å². The van der Waals surface area contributed by atoms with Gasteiger partial charge in [0.15, 0.2) is 5.78 Å². The van der Waals surface area contributed by atoms with Crippen LogP contribution in [0.3, 0.4) is 0 Å². The zero-order valence-corrected chi connectivity index (χ0v) is 14.4. The first-order valence-electron chi connectivity index (χ1n) is 7.51. The average molecular weight is 356 g/mol. The van der Waals surface area contributed by atoms with Crippen LogP contribution in [-0.4, -0.2) is 37.0 Å². The predicted octanol–water partition coefficient (Wildman–Crippen LogP) is 2.59. The van der Waals surface area contributed by atoms with Gasteiger partial charge in [-0.3, -0.25) is 9.10 Å². The van der Waals surface area contributed by atoms with E-state index in [9.17, 15) is 13.2 Å². The quantitative estimate of drug-likeness (QED) is 0.779. The summed E-state index contributed by atoms with van der Waals surface area (Å²) in [5.41, 5.74) is 1.16. The van der Waals surface area contributed by atoms with E-state index in [1.165, 1.54) is 4.31 Å². The molecule has 1 aromatic rings. The van der Waals surface area contributed by atoms with Gasteiger partial charge in [-0.1, -0.05) is 17.7 Å². The van der Waals surface area contributed by atoms with Gasteiger partial charge in [-0.05, 0) is 25.5 Å². The van der Waals surface area contributed by atoms with Crippen LogP contribution in [-0.2, 0) is 19.6 Å². The Morgan fingerprint density at radius 2 is 1.96 bits per heavy atom. The molecule has 1 aromatic carbocycles. The summed E-state index contributed by atoms with van der Waals surface area (Å²) in [5.74, 6) is 0.594. The second-order valence-corrected chi connectivity index (χ2v) is 7.94. The van der Waals surface area contributed by atoms with Gasteiger partial charge in [-0.15, -0.1) is 11.6 Å². The van der Waals surface area contributed by atoms with Gasteiger partial charge in [-0.25, -0.2) is 8.42 Å². The maximum atomic E-state index is 13.1. The van der Waals surface area contributed by atoms with Crippen LogP contribution in [0.25, 0.3) is 0 Å².